The van der Waals surface area contributed by atoms with Gasteiger partial charge in [-0.25, -0.2) is 4.39 Å². The van der Waals surface area contributed by atoms with Crippen molar-refractivity contribution in [2.24, 2.45) is 0 Å². The highest BCUT2D eigenvalue weighted by Crippen LogP contribution is 2.23. The Kier molecular flexibility index (Phi) is 5.14. The van der Waals surface area contributed by atoms with E-state index in [0.29, 0.717) is 12.2 Å². The van der Waals surface area contributed by atoms with Crippen molar-refractivity contribution in [2.75, 3.05) is 6.61 Å². The molecule has 0 aromatic heterocycles. The van der Waals surface area contributed by atoms with E-state index in [2.05, 4.69) is 5.32 Å². The summed E-state index contributed by atoms with van der Waals surface area (Å²) in [5.41, 5.74) is 1.14. The second-order valence-corrected chi connectivity index (χ2v) is 6.63. The first-order chi connectivity index (χ1) is 12.0. The summed E-state index contributed by atoms with van der Waals surface area (Å²) < 4.78 is 18.5. The number of ketones is 1. The van der Waals surface area contributed by atoms with Gasteiger partial charge in [-0.3, -0.25) is 19.7 Å². The van der Waals surface area contributed by atoms with Crippen molar-refractivity contribution in [1.29, 1.82) is 0 Å². The van der Waals surface area contributed by atoms with Gasteiger partial charge in [0.1, 0.15) is 11.6 Å². The lowest BCUT2D eigenvalue weighted by Crippen LogP contribution is -2.25. The molecule has 3 rings (SSSR count). The minimum absolute atomic E-state index is 0.196. The second-order valence-electron chi connectivity index (χ2n) is 5.45. The van der Waals surface area contributed by atoms with Crippen molar-refractivity contribution in [3.05, 3.63) is 65.5 Å². The molecule has 2 aromatic rings. The van der Waals surface area contributed by atoms with Gasteiger partial charge in [0.25, 0.3) is 5.24 Å². The van der Waals surface area contributed by atoms with Crippen LogP contribution in [0.25, 0.3) is 0 Å². The van der Waals surface area contributed by atoms with Crippen molar-refractivity contribution in [3.8, 4) is 5.75 Å². The first-order valence-electron chi connectivity index (χ1n) is 7.53. The van der Waals surface area contributed by atoms with Gasteiger partial charge in [0.15, 0.2) is 12.4 Å². The number of halogens is 1. The van der Waals surface area contributed by atoms with Crippen molar-refractivity contribution < 1.29 is 23.5 Å². The predicted octanol–water partition coefficient (Wildman–Crippen LogP) is 2.98. The number of imide groups is 1. The largest absolute Gasteiger partial charge is 0.485 e. The summed E-state index contributed by atoms with van der Waals surface area (Å²) in [6.07, 6.45) is 0.435. The fourth-order valence-corrected chi connectivity index (χ4v) is 3.22. The third-order valence-electron chi connectivity index (χ3n) is 3.63. The molecule has 1 saturated heterocycles. The van der Waals surface area contributed by atoms with Crippen molar-refractivity contribution in [2.45, 2.75) is 11.7 Å². The first kappa shape index (κ1) is 17.2. The van der Waals surface area contributed by atoms with E-state index in [4.69, 9.17) is 4.74 Å². The molecule has 1 atom stereocenters. The van der Waals surface area contributed by atoms with E-state index in [9.17, 15) is 18.8 Å². The Balaban J connectivity index is 1.55. The van der Waals surface area contributed by atoms with Crippen molar-refractivity contribution >= 4 is 28.7 Å². The van der Waals surface area contributed by atoms with Crippen LogP contribution in [0.3, 0.4) is 0 Å². The number of hydrogen-bond acceptors (Lipinski definition) is 5. The fourth-order valence-electron chi connectivity index (χ4n) is 2.36. The third kappa shape index (κ3) is 4.45. The molecule has 128 valence electrons. The highest BCUT2D eigenvalue weighted by Gasteiger charge is 2.31. The summed E-state index contributed by atoms with van der Waals surface area (Å²) in [6.45, 7) is -0.196. The Morgan fingerprint density at radius 3 is 2.56 bits per heavy atom. The molecular formula is C18H14FNO4S. The van der Waals surface area contributed by atoms with Crippen LogP contribution in [0.5, 0.6) is 5.75 Å². The molecule has 1 fully saturated rings. The zero-order chi connectivity index (χ0) is 17.8. The van der Waals surface area contributed by atoms with Gasteiger partial charge in [0.2, 0.25) is 5.91 Å². The van der Waals surface area contributed by atoms with E-state index in [1.165, 1.54) is 24.3 Å². The fraction of sp³-hybridized carbons (Fsp3) is 0.167. The zero-order valence-corrected chi connectivity index (χ0v) is 13.8. The molecule has 0 saturated carbocycles. The van der Waals surface area contributed by atoms with Crippen LogP contribution in [0, 0.1) is 5.82 Å². The quantitative estimate of drug-likeness (QED) is 0.803. The number of Topliss-reactive ketones (excluding diaryl/α,β-unsaturated/α-hetero) is 1. The monoisotopic (exact) mass is 359 g/mol. The number of benzene rings is 2. The molecule has 5 nitrogen and oxygen atoms in total. The molecule has 1 unspecified atom stereocenters. The Labute approximate surface area is 147 Å². The van der Waals surface area contributed by atoms with Gasteiger partial charge in [0, 0.05) is 5.56 Å². The van der Waals surface area contributed by atoms with Gasteiger partial charge in [-0.15, -0.1) is 0 Å². The maximum absolute atomic E-state index is 13.1. The van der Waals surface area contributed by atoms with Crippen LogP contribution in [-0.4, -0.2) is 28.8 Å². The molecule has 25 heavy (non-hydrogen) atoms. The van der Waals surface area contributed by atoms with Crippen LogP contribution >= 0.6 is 11.8 Å². The summed E-state index contributed by atoms with van der Waals surface area (Å²) >= 11 is 0.980. The maximum atomic E-state index is 13.1. The lowest BCUT2D eigenvalue weighted by molar-refractivity contribution is -0.118. The van der Waals surface area contributed by atoms with Gasteiger partial charge in [-0.1, -0.05) is 36.0 Å². The van der Waals surface area contributed by atoms with Crippen molar-refractivity contribution in [1.82, 2.24) is 5.32 Å². The second kappa shape index (κ2) is 7.48. The summed E-state index contributed by atoms with van der Waals surface area (Å²) in [5.74, 6) is -0.576. The number of hydrogen-bond donors (Lipinski definition) is 1. The Morgan fingerprint density at radius 1 is 1.16 bits per heavy atom. The van der Waals surface area contributed by atoms with Gasteiger partial charge in [-0.05, 0) is 36.2 Å². The minimum Gasteiger partial charge on any atom is -0.485 e. The van der Waals surface area contributed by atoms with Crippen LogP contribution < -0.4 is 10.1 Å². The van der Waals surface area contributed by atoms with Crippen LogP contribution in [0.15, 0.2) is 48.5 Å². The SMILES string of the molecule is O=C1NC(=O)C(Cc2ccc(OCC(=O)c3cccc(F)c3)cc2)S1. The number of carbonyl (C=O) groups excluding carboxylic acids is 3. The summed E-state index contributed by atoms with van der Waals surface area (Å²) in [6, 6.07) is 12.4. The van der Waals surface area contributed by atoms with E-state index in [0.717, 1.165) is 17.3 Å². The minimum atomic E-state index is -0.470. The first-order valence-corrected chi connectivity index (χ1v) is 8.41. The molecule has 2 amide bonds. The molecule has 0 spiro atoms. The normalized spacial score (nSPS) is 16.6. The van der Waals surface area contributed by atoms with Crippen LogP contribution in [0.1, 0.15) is 15.9 Å². The Morgan fingerprint density at radius 2 is 1.92 bits per heavy atom. The molecule has 0 aliphatic carbocycles. The van der Waals surface area contributed by atoms with Gasteiger partial charge < -0.3 is 4.74 Å². The van der Waals surface area contributed by atoms with E-state index >= 15 is 0 Å². The smallest absolute Gasteiger partial charge is 0.286 e. The van der Waals surface area contributed by atoms with Gasteiger partial charge >= 0.3 is 0 Å². The number of ether oxygens (including phenoxy) is 1. The summed E-state index contributed by atoms with van der Waals surface area (Å²) in [5, 5.41) is 1.50. The summed E-state index contributed by atoms with van der Waals surface area (Å²) in [7, 11) is 0. The molecule has 2 aromatic carbocycles. The van der Waals surface area contributed by atoms with E-state index in [1.807, 2.05) is 0 Å². The number of rotatable bonds is 6. The zero-order valence-electron chi connectivity index (χ0n) is 13.0. The molecule has 0 bridgehead atoms. The van der Waals surface area contributed by atoms with Crippen LogP contribution in [0.2, 0.25) is 0 Å². The number of thioether (sulfide) groups is 1. The molecule has 7 heteroatoms. The highest BCUT2D eigenvalue weighted by atomic mass is 32.2. The highest BCUT2D eigenvalue weighted by molar-refractivity contribution is 8.15. The van der Waals surface area contributed by atoms with E-state index in [1.54, 1.807) is 24.3 Å². The lowest BCUT2D eigenvalue weighted by Gasteiger charge is -2.08. The Bertz CT molecular complexity index is 822. The van der Waals surface area contributed by atoms with Crippen molar-refractivity contribution in [3.63, 3.8) is 0 Å². The average molecular weight is 359 g/mol. The average Bonchev–Trinajstić information content (AvgIpc) is 2.91. The lowest BCUT2D eigenvalue weighted by atomic mass is 10.1. The number of nitrogens with one attached hydrogen (secondary N) is 1. The summed E-state index contributed by atoms with van der Waals surface area (Å²) in [4.78, 5) is 34.7. The molecular weight excluding hydrogens is 345 g/mol. The van der Waals surface area contributed by atoms with E-state index < -0.39 is 11.1 Å². The van der Waals surface area contributed by atoms with Crippen LogP contribution in [-0.2, 0) is 11.2 Å². The molecule has 0 radical (unpaired) electrons. The standard InChI is InChI=1S/C18H14FNO4S/c19-13-3-1-2-12(9-13)15(21)10-24-14-6-4-11(5-7-14)8-16-17(22)20-18(23)25-16/h1-7,9,16H,8,10H2,(H,20,22,23). The number of carbonyl (C=O) groups is 3. The molecule has 1 aliphatic rings. The molecule has 1 aliphatic heterocycles. The van der Waals surface area contributed by atoms with Gasteiger partial charge in [0.05, 0.1) is 5.25 Å². The van der Waals surface area contributed by atoms with Gasteiger partial charge in [-0.2, -0.15) is 0 Å². The van der Waals surface area contributed by atoms with Crippen LogP contribution in [0.4, 0.5) is 9.18 Å². The third-order valence-corrected chi connectivity index (χ3v) is 4.61. The maximum Gasteiger partial charge on any atom is 0.286 e. The topological polar surface area (TPSA) is 72.5 Å². The molecule has 1 heterocycles. The Hall–Kier alpha value is -2.67. The molecule has 1 N–H and O–H groups in total. The number of amides is 2. The predicted molar refractivity (Wildman–Crippen MR) is 91.3 cm³/mol. The van der Waals surface area contributed by atoms with E-state index in [-0.39, 0.29) is 29.1 Å².